The van der Waals surface area contributed by atoms with Crippen LogP contribution in [0, 0.1) is 0 Å². The lowest BCUT2D eigenvalue weighted by molar-refractivity contribution is 0.536. The summed E-state index contributed by atoms with van der Waals surface area (Å²) in [6.07, 6.45) is 6.11. The van der Waals surface area contributed by atoms with Crippen LogP contribution in [0.25, 0.3) is 0 Å². The lowest BCUT2D eigenvalue weighted by Gasteiger charge is -2.18. The number of nitrogens with two attached hydrogens (primary N) is 1. The van der Waals surface area contributed by atoms with Crippen molar-refractivity contribution in [2.24, 2.45) is 5.73 Å². The third kappa shape index (κ3) is 2.45. The van der Waals surface area contributed by atoms with Gasteiger partial charge in [0.2, 0.25) is 0 Å². The minimum Gasteiger partial charge on any atom is -0.327 e. The summed E-state index contributed by atoms with van der Waals surface area (Å²) in [7, 11) is -2.92. The SMILES string of the molecule is CS(=O)(=O)C1CCCCCC1N. The van der Waals surface area contributed by atoms with Gasteiger partial charge < -0.3 is 5.73 Å². The largest absolute Gasteiger partial charge is 0.327 e. The molecule has 0 spiro atoms. The first-order valence-corrected chi connectivity index (χ1v) is 6.42. The van der Waals surface area contributed by atoms with Crippen molar-refractivity contribution in [1.29, 1.82) is 0 Å². The molecule has 3 nitrogen and oxygen atoms in total. The quantitative estimate of drug-likeness (QED) is 0.620. The van der Waals surface area contributed by atoms with Crippen LogP contribution in [0.2, 0.25) is 0 Å². The zero-order valence-electron chi connectivity index (χ0n) is 7.49. The molecule has 1 aliphatic rings. The highest BCUT2D eigenvalue weighted by Crippen LogP contribution is 2.21. The van der Waals surface area contributed by atoms with E-state index in [0.717, 1.165) is 32.1 Å². The van der Waals surface area contributed by atoms with Gasteiger partial charge in [-0.25, -0.2) is 8.42 Å². The molecule has 0 aromatic heterocycles. The zero-order valence-corrected chi connectivity index (χ0v) is 8.31. The van der Waals surface area contributed by atoms with Crippen molar-refractivity contribution in [3.8, 4) is 0 Å². The van der Waals surface area contributed by atoms with Gasteiger partial charge in [0.25, 0.3) is 0 Å². The predicted molar refractivity (Wildman–Crippen MR) is 49.7 cm³/mol. The molecule has 1 rings (SSSR count). The molecule has 2 unspecified atom stereocenters. The molecule has 4 heteroatoms. The molecule has 12 heavy (non-hydrogen) atoms. The topological polar surface area (TPSA) is 60.2 Å². The molecule has 1 aliphatic carbocycles. The molecular weight excluding hydrogens is 174 g/mol. The van der Waals surface area contributed by atoms with Gasteiger partial charge in [0.15, 0.2) is 9.84 Å². The van der Waals surface area contributed by atoms with E-state index in [0.29, 0.717) is 0 Å². The van der Waals surface area contributed by atoms with E-state index in [1.165, 1.54) is 6.26 Å². The Morgan fingerprint density at radius 1 is 1.17 bits per heavy atom. The van der Waals surface area contributed by atoms with E-state index in [-0.39, 0.29) is 11.3 Å². The van der Waals surface area contributed by atoms with Gasteiger partial charge in [-0.15, -0.1) is 0 Å². The van der Waals surface area contributed by atoms with Crippen LogP contribution >= 0.6 is 0 Å². The summed E-state index contributed by atoms with van der Waals surface area (Å²) in [4.78, 5) is 0. The number of sulfone groups is 1. The van der Waals surface area contributed by atoms with Crippen molar-refractivity contribution in [3.05, 3.63) is 0 Å². The Morgan fingerprint density at radius 3 is 2.33 bits per heavy atom. The van der Waals surface area contributed by atoms with Gasteiger partial charge in [0, 0.05) is 12.3 Å². The van der Waals surface area contributed by atoms with Crippen molar-refractivity contribution in [3.63, 3.8) is 0 Å². The Morgan fingerprint density at radius 2 is 1.75 bits per heavy atom. The maximum Gasteiger partial charge on any atom is 0.151 e. The van der Waals surface area contributed by atoms with E-state index in [2.05, 4.69) is 0 Å². The van der Waals surface area contributed by atoms with Crippen LogP contribution in [0.15, 0.2) is 0 Å². The maximum absolute atomic E-state index is 11.3. The third-order valence-electron chi connectivity index (χ3n) is 2.55. The second-order valence-corrected chi connectivity index (χ2v) is 5.93. The molecule has 0 saturated heterocycles. The van der Waals surface area contributed by atoms with Gasteiger partial charge >= 0.3 is 0 Å². The van der Waals surface area contributed by atoms with Crippen LogP contribution < -0.4 is 5.73 Å². The van der Waals surface area contributed by atoms with Gasteiger partial charge in [-0.05, 0) is 12.8 Å². The molecule has 1 fully saturated rings. The van der Waals surface area contributed by atoms with E-state index >= 15 is 0 Å². The summed E-state index contributed by atoms with van der Waals surface area (Å²) in [6, 6.07) is -0.137. The molecule has 0 aliphatic heterocycles. The Kier molecular flexibility index (Phi) is 3.12. The highest BCUT2D eigenvalue weighted by molar-refractivity contribution is 7.91. The fraction of sp³-hybridized carbons (Fsp3) is 1.00. The first-order chi connectivity index (χ1) is 5.52. The molecular formula is C8H17NO2S. The van der Waals surface area contributed by atoms with Crippen LogP contribution in [0.1, 0.15) is 32.1 Å². The normalized spacial score (nSPS) is 32.8. The average molecular weight is 191 g/mol. The van der Waals surface area contributed by atoms with E-state index in [4.69, 9.17) is 5.73 Å². The lowest BCUT2D eigenvalue weighted by atomic mass is 10.1. The Balaban J connectivity index is 2.72. The minimum atomic E-state index is -2.92. The van der Waals surface area contributed by atoms with Gasteiger partial charge in [0.1, 0.15) is 0 Å². The molecule has 0 bridgehead atoms. The van der Waals surface area contributed by atoms with Crippen molar-refractivity contribution in [1.82, 2.24) is 0 Å². The molecule has 0 amide bonds. The summed E-state index contributed by atoms with van der Waals surface area (Å²) >= 11 is 0. The van der Waals surface area contributed by atoms with Gasteiger partial charge in [0.05, 0.1) is 5.25 Å². The molecule has 2 N–H and O–H groups in total. The van der Waals surface area contributed by atoms with Gasteiger partial charge in [-0.1, -0.05) is 19.3 Å². The Bertz CT molecular complexity index is 235. The van der Waals surface area contributed by atoms with Crippen molar-refractivity contribution >= 4 is 9.84 Å². The smallest absolute Gasteiger partial charge is 0.151 e. The molecule has 72 valence electrons. The first-order valence-electron chi connectivity index (χ1n) is 4.46. The summed E-state index contributed by atoms with van der Waals surface area (Å²) in [5.74, 6) is 0. The lowest BCUT2D eigenvalue weighted by Crippen LogP contribution is -2.39. The summed E-state index contributed by atoms with van der Waals surface area (Å²) in [6.45, 7) is 0. The highest BCUT2D eigenvalue weighted by atomic mass is 32.2. The van der Waals surface area contributed by atoms with E-state index in [1.54, 1.807) is 0 Å². The second-order valence-electron chi connectivity index (χ2n) is 3.67. The van der Waals surface area contributed by atoms with E-state index in [1.807, 2.05) is 0 Å². The van der Waals surface area contributed by atoms with Crippen LogP contribution in [0.3, 0.4) is 0 Å². The van der Waals surface area contributed by atoms with Crippen LogP contribution in [-0.4, -0.2) is 26.0 Å². The van der Waals surface area contributed by atoms with Crippen molar-refractivity contribution < 1.29 is 8.42 Å². The first kappa shape index (κ1) is 9.99. The summed E-state index contributed by atoms with van der Waals surface area (Å²) in [5.41, 5.74) is 5.79. The summed E-state index contributed by atoms with van der Waals surface area (Å²) < 4.78 is 22.5. The predicted octanol–water partition coefficient (Wildman–Crippen LogP) is 0.691. The zero-order chi connectivity index (χ0) is 9.19. The van der Waals surface area contributed by atoms with Crippen molar-refractivity contribution in [2.45, 2.75) is 43.4 Å². The highest BCUT2D eigenvalue weighted by Gasteiger charge is 2.28. The number of hydrogen-bond donors (Lipinski definition) is 1. The number of hydrogen-bond acceptors (Lipinski definition) is 3. The fourth-order valence-corrected chi connectivity index (χ4v) is 3.20. The van der Waals surface area contributed by atoms with Gasteiger partial charge in [-0.2, -0.15) is 0 Å². The molecule has 2 atom stereocenters. The van der Waals surface area contributed by atoms with Crippen LogP contribution in [-0.2, 0) is 9.84 Å². The van der Waals surface area contributed by atoms with E-state index in [9.17, 15) is 8.42 Å². The Labute approximate surface area is 74.3 Å². The van der Waals surface area contributed by atoms with Crippen LogP contribution in [0.4, 0.5) is 0 Å². The molecule has 0 aromatic carbocycles. The average Bonchev–Trinajstić information content (AvgIpc) is 2.11. The Hall–Kier alpha value is -0.0900. The second kappa shape index (κ2) is 3.75. The molecule has 0 heterocycles. The standard InChI is InChI=1S/C8H17NO2S/c1-12(10,11)8-6-4-2-3-5-7(8)9/h7-8H,2-6,9H2,1H3. The molecule has 1 saturated carbocycles. The molecule has 0 radical (unpaired) electrons. The van der Waals surface area contributed by atoms with Crippen molar-refractivity contribution in [2.75, 3.05) is 6.26 Å². The fourth-order valence-electron chi connectivity index (χ4n) is 1.83. The van der Waals surface area contributed by atoms with E-state index < -0.39 is 9.84 Å². The maximum atomic E-state index is 11.3. The molecule has 0 aromatic rings. The van der Waals surface area contributed by atoms with Gasteiger partial charge in [-0.3, -0.25) is 0 Å². The monoisotopic (exact) mass is 191 g/mol. The minimum absolute atomic E-state index is 0.137. The third-order valence-corrected chi connectivity index (χ3v) is 4.24. The number of rotatable bonds is 1. The van der Waals surface area contributed by atoms with Crippen LogP contribution in [0.5, 0.6) is 0 Å². The summed E-state index contributed by atoms with van der Waals surface area (Å²) in [5, 5.41) is -0.292.